The molecule has 0 saturated heterocycles. The van der Waals surface area contributed by atoms with Crippen molar-refractivity contribution in [2.45, 2.75) is 26.3 Å². The summed E-state index contributed by atoms with van der Waals surface area (Å²) in [7, 11) is 3.01. The number of aromatic hydroxyl groups is 1. The second-order valence-electron chi connectivity index (χ2n) is 5.63. The van der Waals surface area contributed by atoms with E-state index in [0.717, 1.165) is 0 Å². The molecule has 0 bridgehead atoms. The van der Waals surface area contributed by atoms with Gasteiger partial charge in [-0.25, -0.2) is 9.59 Å². The Labute approximate surface area is 154 Å². The highest BCUT2D eigenvalue weighted by Gasteiger charge is 2.35. The third-order valence-corrected chi connectivity index (χ3v) is 4.62. The summed E-state index contributed by atoms with van der Waals surface area (Å²) in [6.07, 6.45) is 0.698. The average molecular weight is 413 g/mol. The fourth-order valence-corrected chi connectivity index (χ4v) is 3.00. The van der Waals surface area contributed by atoms with E-state index in [2.05, 4.69) is 21.2 Å². The first-order valence-corrected chi connectivity index (χ1v) is 8.59. The molecule has 2 rings (SSSR count). The van der Waals surface area contributed by atoms with Crippen LogP contribution in [0, 0.1) is 0 Å². The molecule has 0 aromatic heterocycles. The van der Waals surface area contributed by atoms with Crippen molar-refractivity contribution in [3.8, 4) is 11.5 Å². The van der Waals surface area contributed by atoms with Gasteiger partial charge in [-0.1, -0.05) is 6.92 Å². The Morgan fingerprint density at radius 3 is 2.72 bits per heavy atom. The van der Waals surface area contributed by atoms with Gasteiger partial charge in [-0.2, -0.15) is 0 Å². The number of phenolic OH excluding ortho intramolecular Hbond substituents is 1. The monoisotopic (exact) mass is 412 g/mol. The van der Waals surface area contributed by atoms with Crippen LogP contribution in [-0.4, -0.2) is 42.8 Å². The number of nitrogens with zero attached hydrogens (tertiary/aromatic N) is 1. The molecule has 1 aromatic rings. The van der Waals surface area contributed by atoms with E-state index in [1.807, 2.05) is 6.92 Å². The lowest BCUT2D eigenvalue weighted by Crippen LogP contribution is -2.46. The SMILES string of the molecule is CCCOC(=O)C1=C(C)N(C)C(=O)N[C@H]1c1cc(Br)c(O)c(OC)c1. The van der Waals surface area contributed by atoms with Crippen molar-refractivity contribution in [3.05, 3.63) is 33.4 Å². The lowest BCUT2D eigenvalue weighted by atomic mass is 9.94. The normalized spacial score (nSPS) is 17.4. The van der Waals surface area contributed by atoms with Crippen molar-refractivity contribution in [1.82, 2.24) is 10.2 Å². The van der Waals surface area contributed by atoms with Crippen LogP contribution >= 0.6 is 15.9 Å². The van der Waals surface area contributed by atoms with Crippen molar-refractivity contribution in [3.63, 3.8) is 0 Å². The second kappa shape index (κ2) is 7.77. The number of methoxy groups -OCH3 is 1. The Balaban J connectivity index is 2.55. The number of hydrogen-bond acceptors (Lipinski definition) is 5. The van der Waals surface area contributed by atoms with E-state index in [1.165, 1.54) is 12.0 Å². The lowest BCUT2D eigenvalue weighted by Gasteiger charge is -2.33. The highest BCUT2D eigenvalue weighted by molar-refractivity contribution is 9.10. The predicted molar refractivity (Wildman–Crippen MR) is 95.3 cm³/mol. The zero-order chi connectivity index (χ0) is 18.7. The number of amides is 2. The lowest BCUT2D eigenvalue weighted by molar-refractivity contribution is -0.139. The fourth-order valence-electron chi connectivity index (χ4n) is 2.54. The van der Waals surface area contributed by atoms with Crippen LogP contribution < -0.4 is 10.1 Å². The molecule has 0 aliphatic carbocycles. The summed E-state index contributed by atoms with van der Waals surface area (Å²) in [5.41, 5.74) is 1.44. The Bertz CT molecular complexity index is 732. The number of urea groups is 1. The van der Waals surface area contributed by atoms with Crippen molar-refractivity contribution in [2.24, 2.45) is 0 Å². The van der Waals surface area contributed by atoms with Gasteiger partial charge in [0.1, 0.15) is 0 Å². The van der Waals surface area contributed by atoms with Gasteiger partial charge < -0.3 is 24.8 Å². The molecule has 1 atom stereocenters. The molecule has 8 heteroatoms. The summed E-state index contributed by atoms with van der Waals surface area (Å²) >= 11 is 3.26. The number of esters is 1. The molecule has 7 nitrogen and oxygen atoms in total. The zero-order valence-electron chi connectivity index (χ0n) is 14.6. The molecule has 1 aliphatic heterocycles. The number of benzene rings is 1. The third-order valence-electron chi connectivity index (χ3n) is 4.02. The molecular weight excluding hydrogens is 392 g/mol. The van der Waals surface area contributed by atoms with Crippen LogP contribution in [0.4, 0.5) is 4.79 Å². The van der Waals surface area contributed by atoms with Crippen LogP contribution in [0.2, 0.25) is 0 Å². The van der Waals surface area contributed by atoms with Gasteiger partial charge in [0.05, 0.1) is 29.8 Å². The largest absolute Gasteiger partial charge is 0.503 e. The van der Waals surface area contributed by atoms with E-state index < -0.39 is 12.0 Å². The van der Waals surface area contributed by atoms with Crippen LogP contribution in [0.1, 0.15) is 31.9 Å². The number of phenols is 1. The topological polar surface area (TPSA) is 88.1 Å². The zero-order valence-corrected chi connectivity index (χ0v) is 16.1. The fraction of sp³-hybridized carbons (Fsp3) is 0.412. The summed E-state index contributed by atoms with van der Waals surface area (Å²) in [5.74, 6) is -0.308. The Hall–Kier alpha value is -2.22. The highest BCUT2D eigenvalue weighted by Crippen LogP contribution is 2.40. The van der Waals surface area contributed by atoms with Crippen LogP contribution in [0.5, 0.6) is 11.5 Å². The van der Waals surface area contributed by atoms with Crippen LogP contribution in [-0.2, 0) is 9.53 Å². The summed E-state index contributed by atoms with van der Waals surface area (Å²) in [6.45, 7) is 3.90. The summed E-state index contributed by atoms with van der Waals surface area (Å²) in [4.78, 5) is 26.1. The van der Waals surface area contributed by atoms with Gasteiger partial charge >= 0.3 is 12.0 Å². The molecule has 0 unspecified atom stereocenters. The quantitative estimate of drug-likeness (QED) is 0.725. The molecule has 1 aliphatic rings. The standard InChI is InChI=1S/C17H21BrN2O5/c1-5-6-25-16(22)13-9(2)20(3)17(23)19-14(13)10-7-11(18)15(21)12(8-10)24-4/h7-8,14,21H,5-6H2,1-4H3,(H,19,23)/t14-/m0/s1. The average Bonchev–Trinajstić information content (AvgIpc) is 2.59. The maximum Gasteiger partial charge on any atom is 0.338 e. The van der Waals surface area contributed by atoms with Crippen LogP contribution in [0.25, 0.3) is 0 Å². The minimum absolute atomic E-state index is 0.0543. The first kappa shape index (κ1) is 19.1. The van der Waals surface area contributed by atoms with Gasteiger partial charge in [-0.15, -0.1) is 0 Å². The molecule has 2 amide bonds. The highest BCUT2D eigenvalue weighted by atomic mass is 79.9. The van der Waals surface area contributed by atoms with E-state index in [0.29, 0.717) is 34.3 Å². The number of halogens is 1. The number of rotatable bonds is 5. The van der Waals surface area contributed by atoms with E-state index in [-0.39, 0.29) is 17.5 Å². The number of carbonyl (C=O) groups excluding carboxylic acids is 2. The smallest absolute Gasteiger partial charge is 0.338 e. The van der Waals surface area contributed by atoms with Gasteiger partial charge in [0, 0.05) is 12.7 Å². The van der Waals surface area contributed by atoms with Gasteiger partial charge in [-0.05, 0) is 47.0 Å². The molecule has 0 radical (unpaired) electrons. The van der Waals surface area contributed by atoms with Crippen molar-refractivity contribution >= 4 is 27.9 Å². The molecule has 25 heavy (non-hydrogen) atoms. The van der Waals surface area contributed by atoms with Gasteiger partial charge in [-0.3, -0.25) is 0 Å². The molecule has 0 saturated carbocycles. The Kier molecular flexibility index (Phi) is 5.94. The predicted octanol–water partition coefficient (Wildman–Crippen LogP) is 3.09. The summed E-state index contributed by atoms with van der Waals surface area (Å²) < 4.78 is 10.8. The first-order chi connectivity index (χ1) is 11.8. The maximum atomic E-state index is 12.6. The van der Waals surface area contributed by atoms with Crippen LogP contribution in [0.15, 0.2) is 27.9 Å². The number of nitrogens with one attached hydrogen (secondary N) is 1. The number of carbonyl (C=O) groups is 2. The molecule has 2 N–H and O–H groups in total. The van der Waals surface area contributed by atoms with Crippen molar-refractivity contribution in [1.29, 1.82) is 0 Å². The van der Waals surface area contributed by atoms with Gasteiger partial charge in [0.15, 0.2) is 11.5 Å². The summed E-state index contributed by atoms with van der Waals surface area (Å²) in [6, 6.07) is 2.17. The van der Waals surface area contributed by atoms with Crippen LogP contribution in [0.3, 0.4) is 0 Å². The molecule has 0 fully saturated rings. The summed E-state index contributed by atoms with van der Waals surface area (Å²) in [5, 5.41) is 12.8. The molecular formula is C17H21BrN2O5. The Morgan fingerprint density at radius 2 is 2.12 bits per heavy atom. The van der Waals surface area contributed by atoms with E-state index in [1.54, 1.807) is 26.1 Å². The molecule has 136 valence electrons. The number of hydrogen-bond donors (Lipinski definition) is 2. The van der Waals surface area contributed by atoms with Gasteiger partial charge in [0.25, 0.3) is 0 Å². The molecule has 1 heterocycles. The maximum absolute atomic E-state index is 12.6. The van der Waals surface area contributed by atoms with E-state index in [4.69, 9.17) is 9.47 Å². The van der Waals surface area contributed by atoms with E-state index >= 15 is 0 Å². The van der Waals surface area contributed by atoms with Gasteiger partial charge in [0.2, 0.25) is 0 Å². The minimum Gasteiger partial charge on any atom is -0.503 e. The molecule has 1 aromatic carbocycles. The van der Waals surface area contributed by atoms with Crippen molar-refractivity contribution in [2.75, 3.05) is 20.8 Å². The second-order valence-corrected chi connectivity index (χ2v) is 6.48. The minimum atomic E-state index is -0.709. The third kappa shape index (κ3) is 3.73. The van der Waals surface area contributed by atoms with E-state index in [9.17, 15) is 14.7 Å². The Morgan fingerprint density at radius 1 is 1.44 bits per heavy atom. The van der Waals surface area contributed by atoms with Crippen molar-refractivity contribution < 1.29 is 24.2 Å². The number of ether oxygens (including phenoxy) is 2. The molecule has 0 spiro atoms. The first-order valence-electron chi connectivity index (χ1n) is 7.80. The number of allylic oxidation sites excluding steroid dienone is 1.